The third-order valence-corrected chi connectivity index (χ3v) is 5.52. The predicted molar refractivity (Wildman–Crippen MR) is 98.7 cm³/mol. The van der Waals surface area contributed by atoms with Crippen LogP contribution in [0.3, 0.4) is 0 Å². The van der Waals surface area contributed by atoms with Crippen molar-refractivity contribution in [3.05, 3.63) is 43.7 Å². The van der Waals surface area contributed by atoms with Gasteiger partial charge in [-0.3, -0.25) is 0 Å². The summed E-state index contributed by atoms with van der Waals surface area (Å²) in [7, 11) is 0. The van der Waals surface area contributed by atoms with E-state index in [1.54, 1.807) is 11.3 Å². The molecule has 0 saturated carbocycles. The highest BCUT2D eigenvalue weighted by Gasteiger charge is 2.19. The first-order valence-electron chi connectivity index (χ1n) is 6.92. The molecule has 1 aromatic carbocycles. The zero-order valence-corrected chi connectivity index (χ0v) is 16.1. The van der Waals surface area contributed by atoms with Gasteiger partial charge in [-0.05, 0) is 36.7 Å². The molecule has 0 spiro atoms. The number of benzene rings is 1. The maximum atomic E-state index is 6.36. The van der Waals surface area contributed by atoms with Gasteiger partial charge in [0.2, 0.25) is 0 Å². The molecule has 5 heteroatoms. The van der Waals surface area contributed by atoms with E-state index in [2.05, 4.69) is 54.2 Å². The van der Waals surface area contributed by atoms with Gasteiger partial charge in [0.25, 0.3) is 0 Å². The van der Waals surface area contributed by atoms with Gasteiger partial charge in [0, 0.05) is 25.8 Å². The minimum absolute atomic E-state index is 0.363. The van der Waals surface area contributed by atoms with Gasteiger partial charge in [-0.15, -0.1) is 11.3 Å². The Hall–Kier alpha value is -0.0600. The first kappa shape index (κ1) is 17.3. The summed E-state index contributed by atoms with van der Waals surface area (Å²) in [5.74, 6) is 0.535. The molecule has 0 aliphatic carbocycles. The van der Waals surface area contributed by atoms with Crippen LogP contribution in [0.25, 0.3) is 10.4 Å². The third-order valence-electron chi connectivity index (χ3n) is 3.28. The van der Waals surface area contributed by atoms with E-state index in [9.17, 15) is 0 Å². The first-order valence-corrected chi connectivity index (χ1v) is 9.28. The van der Waals surface area contributed by atoms with Gasteiger partial charge < -0.3 is 5.32 Å². The van der Waals surface area contributed by atoms with Crippen LogP contribution < -0.4 is 5.32 Å². The van der Waals surface area contributed by atoms with E-state index in [1.807, 2.05) is 12.1 Å². The summed E-state index contributed by atoms with van der Waals surface area (Å²) in [5, 5.41) is 4.89. The lowest BCUT2D eigenvalue weighted by Gasteiger charge is -2.20. The third kappa shape index (κ3) is 4.02. The highest BCUT2D eigenvalue weighted by molar-refractivity contribution is 9.10. The van der Waals surface area contributed by atoms with Crippen molar-refractivity contribution in [3.63, 3.8) is 0 Å². The second-order valence-electron chi connectivity index (χ2n) is 5.23. The first-order chi connectivity index (χ1) is 9.93. The standard InChI is InChI=1S/C16H18BrCl2NS/c1-4-20-16(9(2)3)14-6-5-13(21-14)15-11(18)7-10(17)8-12(15)19/h5-9,16,20H,4H2,1-3H3. The minimum atomic E-state index is 0.363. The number of nitrogens with one attached hydrogen (secondary N) is 1. The molecule has 0 fully saturated rings. The van der Waals surface area contributed by atoms with Crippen molar-refractivity contribution >= 4 is 50.5 Å². The zero-order valence-electron chi connectivity index (χ0n) is 12.2. The summed E-state index contributed by atoms with van der Waals surface area (Å²) in [6.45, 7) is 7.54. The normalized spacial score (nSPS) is 12.9. The Balaban J connectivity index is 2.40. The zero-order chi connectivity index (χ0) is 15.6. The summed E-state index contributed by atoms with van der Waals surface area (Å²) < 4.78 is 0.894. The second kappa shape index (κ2) is 7.47. The van der Waals surface area contributed by atoms with E-state index >= 15 is 0 Å². The molecule has 2 aromatic rings. The Bertz CT molecular complexity index is 601. The summed E-state index contributed by atoms with van der Waals surface area (Å²) in [5.41, 5.74) is 0.914. The molecule has 1 aromatic heterocycles. The van der Waals surface area contributed by atoms with Crippen LogP contribution in [-0.4, -0.2) is 6.54 Å². The van der Waals surface area contributed by atoms with Gasteiger partial charge in [0.05, 0.1) is 10.0 Å². The fourth-order valence-electron chi connectivity index (χ4n) is 2.32. The van der Waals surface area contributed by atoms with Crippen LogP contribution in [0.15, 0.2) is 28.7 Å². The molecule has 1 nitrogen and oxygen atoms in total. The number of hydrogen-bond acceptors (Lipinski definition) is 2. The monoisotopic (exact) mass is 405 g/mol. The molecule has 114 valence electrons. The Morgan fingerprint density at radius 2 is 1.81 bits per heavy atom. The van der Waals surface area contributed by atoms with Crippen molar-refractivity contribution in [2.45, 2.75) is 26.8 Å². The lowest BCUT2D eigenvalue weighted by molar-refractivity contribution is 0.428. The van der Waals surface area contributed by atoms with E-state index in [4.69, 9.17) is 23.2 Å². The molecule has 0 amide bonds. The maximum Gasteiger partial charge on any atom is 0.0518 e. The van der Waals surface area contributed by atoms with Crippen molar-refractivity contribution in [2.24, 2.45) is 5.92 Å². The van der Waals surface area contributed by atoms with Crippen LogP contribution in [0.1, 0.15) is 31.7 Å². The van der Waals surface area contributed by atoms with Gasteiger partial charge in [0.15, 0.2) is 0 Å². The van der Waals surface area contributed by atoms with Crippen LogP contribution in [0, 0.1) is 5.92 Å². The maximum absolute atomic E-state index is 6.36. The van der Waals surface area contributed by atoms with Crippen LogP contribution in [0.4, 0.5) is 0 Å². The van der Waals surface area contributed by atoms with Crippen LogP contribution in [0.2, 0.25) is 10.0 Å². The topological polar surface area (TPSA) is 12.0 Å². The highest BCUT2D eigenvalue weighted by Crippen LogP contribution is 2.42. The summed E-state index contributed by atoms with van der Waals surface area (Å²) in [4.78, 5) is 2.42. The molecule has 0 saturated heterocycles. The van der Waals surface area contributed by atoms with Gasteiger partial charge in [-0.2, -0.15) is 0 Å². The summed E-state index contributed by atoms with van der Waals surface area (Å²) >= 11 is 17.9. The molecule has 1 heterocycles. The van der Waals surface area contributed by atoms with Gasteiger partial charge in [-0.1, -0.05) is 59.9 Å². The summed E-state index contributed by atoms with van der Waals surface area (Å²) in [6.07, 6.45) is 0. The summed E-state index contributed by atoms with van der Waals surface area (Å²) in [6, 6.07) is 8.40. The SMILES string of the molecule is CCNC(c1ccc(-c2c(Cl)cc(Br)cc2Cl)s1)C(C)C. The van der Waals surface area contributed by atoms with Crippen molar-refractivity contribution in [2.75, 3.05) is 6.54 Å². The van der Waals surface area contributed by atoms with Gasteiger partial charge in [0.1, 0.15) is 0 Å². The van der Waals surface area contributed by atoms with Crippen LogP contribution in [-0.2, 0) is 0 Å². The molecule has 0 radical (unpaired) electrons. The Kier molecular flexibility index (Phi) is 6.15. The fourth-order valence-corrected chi connectivity index (χ4v) is 5.17. The molecule has 2 rings (SSSR count). The van der Waals surface area contributed by atoms with E-state index in [-0.39, 0.29) is 0 Å². The average molecular weight is 407 g/mol. The molecule has 0 bridgehead atoms. The number of halogens is 3. The highest BCUT2D eigenvalue weighted by atomic mass is 79.9. The average Bonchev–Trinajstić information content (AvgIpc) is 2.83. The minimum Gasteiger partial charge on any atom is -0.309 e. The van der Waals surface area contributed by atoms with Crippen molar-refractivity contribution in [1.82, 2.24) is 5.32 Å². The molecule has 1 unspecified atom stereocenters. The number of hydrogen-bond donors (Lipinski definition) is 1. The molecule has 0 aliphatic heterocycles. The molecular weight excluding hydrogens is 389 g/mol. The predicted octanol–water partition coefficient (Wildman–Crippen LogP) is 6.79. The number of thiophene rings is 1. The Morgan fingerprint density at radius 1 is 1.19 bits per heavy atom. The van der Waals surface area contributed by atoms with Crippen molar-refractivity contribution in [3.8, 4) is 10.4 Å². The van der Waals surface area contributed by atoms with E-state index in [1.165, 1.54) is 4.88 Å². The van der Waals surface area contributed by atoms with Gasteiger partial charge in [-0.25, -0.2) is 0 Å². The Morgan fingerprint density at radius 3 is 2.33 bits per heavy atom. The second-order valence-corrected chi connectivity index (χ2v) is 8.07. The van der Waals surface area contributed by atoms with Crippen molar-refractivity contribution in [1.29, 1.82) is 0 Å². The molecule has 1 N–H and O–H groups in total. The largest absolute Gasteiger partial charge is 0.309 e. The molecule has 1 atom stereocenters. The van der Waals surface area contributed by atoms with E-state index < -0.39 is 0 Å². The lowest BCUT2D eigenvalue weighted by atomic mass is 10.0. The smallest absolute Gasteiger partial charge is 0.0518 e. The number of rotatable bonds is 5. The molecule has 21 heavy (non-hydrogen) atoms. The molecule has 0 aliphatic rings. The van der Waals surface area contributed by atoms with E-state index in [0.29, 0.717) is 22.0 Å². The quantitative estimate of drug-likeness (QED) is 0.576. The van der Waals surface area contributed by atoms with Crippen LogP contribution >= 0.6 is 50.5 Å². The molecular formula is C16H18BrCl2NS. The fraction of sp³-hybridized carbons (Fsp3) is 0.375. The van der Waals surface area contributed by atoms with E-state index in [0.717, 1.165) is 21.5 Å². The lowest BCUT2D eigenvalue weighted by Crippen LogP contribution is -2.24. The van der Waals surface area contributed by atoms with Gasteiger partial charge >= 0.3 is 0 Å². The van der Waals surface area contributed by atoms with Crippen LogP contribution in [0.5, 0.6) is 0 Å². The van der Waals surface area contributed by atoms with Crippen molar-refractivity contribution < 1.29 is 0 Å². The Labute approximate surface area is 148 Å².